The average Bonchev–Trinajstić information content (AvgIpc) is 3.33. The number of rotatable bonds is 6. The molecule has 1 N–H and O–H groups in total. The predicted molar refractivity (Wildman–Crippen MR) is 115 cm³/mol. The standard InChI is InChI=1S/C20H17ClN6O2S/c1-12-24-25-20(27(12)15-7-5-6-14(10-15)22-13(2)28)30-11-18-23-19(29-26-18)16-8-3-4-9-17(16)21/h3-10H,11H2,1-2H3,(H,22,28). The molecule has 2 heterocycles. The van der Waals surface area contributed by atoms with E-state index in [9.17, 15) is 4.79 Å². The Morgan fingerprint density at radius 3 is 2.83 bits per heavy atom. The van der Waals surface area contributed by atoms with Crippen LogP contribution in [0.25, 0.3) is 17.1 Å². The van der Waals surface area contributed by atoms with Gasteiger partial charge in [-0.2, -0.15) is 4.98 Å². The van der Waals surface area contributed by atoms with Crippen LogP contribution in [0.5, 0.6) is 0 Å². The molecular weight excluding hydrogens is 424 g/mol. The van der Waals surface area contributed by atoms with E-state index in [-0.39, 0.29) is 5.91 Å². The molecule has 10 heteroatoms. The summed E-state index contributed by atoms with van der Waals surface area (Å²) in [5, 5.41) is 16.5. The van der Waals surface area contributed by atoms with Crippen molar-refractivity contribution in [2.45, 2.75) is 24.8 Å². The van der Waals surface area contributed by atoms with Crippen LogP contribution in [0.15, 0.2) is 58.2 Å². The minimum atomic E-state index is -0.131. The number of amides is 1. The highest BCUT2D eigenvalue weighted by Gasteiger charge is 2.16. The van der Waals surface area contributed by atoms with Crippen molar-refractivity contribution in [3.8, 4) is 17.1 Å². The fourth-order valence-corrected chi connectivity index (χ4v) is 3.90. The first kappa shape index (κ1) is 20.1. The van der Waals surface area contributed by atoms with E-state index >= 15 is 0 Å². The normalized spacial score (nSPS) is 10.9. The number of aromatic nitrogens is 5. The molecule has 4 aromatic rings. The number of nitrogens with zero attached hydrogens (tertiary/aromatic N) is 5. The fourth-order valence-electron chi connectivity index (χ4n) is 2.85. The summed E-state index contributed by atoms with van der Waals surface area (Å²) in [6, 6.07) is 14.8. The summed E-state index contributed by atoms with van der Waals surface area (Å²) in [6.45, 7) is 3.34. The minimum Gasteiger partial charge on any atom is -0.334 e. The van der Waals surface area contributed by atoms with E-state index in [0.29, 0.717) is 38.9 Å². The van der Waals surface area contributed by atoms with Crippen LogP contribution in [-0.4, -0.2) is 30.8 Å². The molecule has 0 saturated carbocycles. The van der Waals surface area contributed by atoms with Crippen LogP contribution in [0.4, 0.5) is 5.69 Å². The highest BCUT2D eigenvalue weighted by Crippen LogP contribution is 2.28. The van der Waals surface area contributed by atoms with Crippen molar-refractivity contribution >= 4 is 35.0 Å². The molecule has 0 aliphatic heterocycles. The van der Waals surface area contributed by atoms with Crippen LogP contribution < -0.4 is 5.32 Å². The van der Waals surface area contributed by atoms with E-state index < -0.39 is 0 Å². The second kappa shape index (κ2) is 8.68. The van der Waals surface area contributed by atoms with Gasteiger partial charge in [0.15, 0.2) is 11.0 Å². The van der Waals surface area contributed by atoms with Gasteiger partial charge in [-0.05, 0) is 37.3 Å². The van der Waals surface area contributed by atoms with Crippen molar-refractivity contribution < 1.29 is 9.32 Å². The minimum absolute atomic E-state index is 0.131. The lowest BCUT2D eigenvalue weighted by molar-refractivity contribution is -0.114. The van der Waals surface area contributed by atoms with Gasteiger partial charge in [-0.25, -0.2) is 0 Å². The third kappa shape index (κ3) is 4.37. The molecule has 2 aromatic heterocycles. The van der Waals surface area contributed by atoms with Gasteiger partial charge < -0.3 is 9.84 Å². The van der Waals surface area contributed by atoms with Crippen molar-refractivity contribution in [1.29, 1.82) is 0 Å². The summed E-state index contributed by atoms with van der Waals surface area (Å²) < 4.78 is 7.26. The molecule has 0 spiro atoms. The Hall–Kier alpha value is -3.17. The smallest absolute Gasteiger partial charge is 0.259 e. The van der Waals surface area contributed by atoms with Gasteiger partial charge in [0.2, 0.25) is 5.91 Å². The van der Waals surface area contributed by atoms with E-state index in [1.807, 2.05) is 54.0 Å². The van der Waals surface area contributed by atoms with Crippen LogP contribution in [0, 0.1) is 6.92 Å². The van der Waals surface area contributed by atoms with Gasteiger partial charge in [0.25, 0.3) is 5.89 Å². The van der Waals surface area contributed by atoms with E-state index in [0.717, 1.165) is 11.5 Å². The number of hydrogen-bond donors (Lipinski definition) is 1. The Morgan fingerprint density at radius 2 is 2.03 bits per heavy atom. The monoisotopic (exact) mass is 440 g/mol. The van der Waals surface area contributed by atoms with E-state index in [4.69, 9.17) is 16.1 Å². The first-order valence-corrected chi connectivity index (χ1v) is 10.4. The third-order valence-corrected chi connectivity index (χ3v) is 5.38. The molecule has 0 aliphatic carbocycles. The maximum Gasteiger partial charge on any atom is 0.259 e. The summed E-state index contributed by atoms with van der Waals surface area (Å²) in [4.78, 5) is 15.8. The maximum absolute atomic E-state index is 11.4. The lowest BCUT2D eigenvalue weighted by Crippen LogP contribution is -2.07. The Morgan fingerprint density at radius 1 is 1.20 bits per heavy atom. The second-order valence-corrected chi connectivity index (χ2v) is 7.73. The first-order valence-electron chi connectivity index (χ1n) is 9.01. The zero-order valence-corrected chi connectivity index (χ0v) is 17.7. The van der Waals surface area contributed by atoms with E-state index in [1.165, 1.54) is 18.7 Å². The van der Waals surface area contributed by atoms with Crippen molar-refractivity contribution in [2.75, 3.05) is 5.32 Å². The van der Waals surface area contributed by atoms with Crippen molar-refractivity contribution in [3.05, 3.63) is 65.2 Å². The molecule has 0 atom stereocenters. The molecule has 30 heavy (non-hydrogen) atoms. The maximum atomic E-state index is 11.4. The molecule has 0 fully saturated rings. The Labute approximate surface area is 181 Å². The lowest BCUT2D eigenvalue weighted by atomic mass is 10.2. The quantitative estimate of drug-likeness (QED) is 0.439. The molecule has 8 nitrogen and oxygen atoms in total. The number of aryl methyl sites for hydroxylation is 1. The Balaban J connectivity index is 1.54. The van der Waals surface area contributed by atoms with Gasteiger partial charge in [0.05, 0.1) is 22.0 Å². The van der Waals surface area contributed by atoms with E-state index in [2.05, 4.69) is 25.7 Å². The number of halogens is 1. The van der Waals surface area contributed by atoms with Gasteiger partial charge >= 0.3 is 0 Å². The van der Waals surface area contributed by atoms with Crippen molar-refractivity contribution in [2.24, 2.45) is 0 Å². The van der Waals surface area contributed by atoms with Crippen LogP contribution >= 0.6 is 23.4 Å². The molecule has 0 aliphatic rings. The molecule has 4 rings (SSSR count). The number of carbonyl (C=O) groups is 1. The summed E-state index contributed by atoms with van der Waals surface area (Å²) in [6.07, 6.45) is 0. The van der Waals surface area contributed by atoms with Gasteiger partial charge in [-0.15, -0.1) is 10.2 Å². The van der Waals surface area contributed by atoms with Crippen molar-refractivity contribution in [1.82, 2.24) is 24.9 Å². The summed E-state index contributed by atoms with van der Waals surface area (Å²) in [5.74, 6) is 1.93. The molecule has 0 radical (unpaired) electrons. The van der Waals surface area contributed by atoms with Gasteiger partial charge in [-0.1, -0.05) is 46.7 Å². The van der Waals surface area contributed by atoms with Crippen LogP contribution in [0.3, 0.4) is 0 Å². The molecule has 1 amide bonds. The number of anilines is 1. The number of nitrogens with one attached hydrogen (secondary N) is 1. The van der Waals surface area contributed by atoms with Gasteiger partial charge in [-0.3, -0.25) is 9.36 Å². The van der Waals surface area contributed by atoms with Crippen LogP contribution in [0.2, 0.25) is 5.02 Å². The highest BCUT2D eigenvalue weighted by atomic mass is 35.5. The topological polar surface area (TPSA) is 98.7 Å². The van der Waals surface area contributed by atoms with Crippen LogP contribution in [-0.2, 0) is 10.5 Å². The Kier molecular flexibility index (Phi) is 5.82. The lowest BCUT2D eigenvalue weighted by Gasteiger charge is -2.10. The second-order valence-electron chi connectivity index (χ2n) is 6.38. The molecule has 0 saturated heterocycles. The molecule has 0 unspecified atom stereocenters. The number of hydrogen-bond acceptors (Lipinski definition) is 7. The first-order chi connectivity index (χ1) is 14.5. The summed E-state index contributed by atoms with van der Waals surface area (Å²) >= 11 is 7.63. The SMILES string of the molecule is CC(=O)Nc1cccc(-n2c(C)nnc2SCc2noc(-c3ccccc3Cl)n2)c1. The van der Waals surface area contributed by atoms with Crippen LogP contribution in [0.1, 0.15) is 18.6 Å². The largest absolute Gasteiger partial charge is 0.334 e. The zero-order chi connectivity index (χ0) is 21.1. The molecule has 152 valence electrons. The molecular formula is C20H17ClN6O2S. The molecule has 0 bridgehead atoms. The third-order valence-electron chi connectivity index (χ3n) is 4.12. The average molecular weight is 441 g/mol. The number of thioether (sulfide) groups is 1. The number of benzene rings is 2. The predicted octanol–water partition coefficient (Wildman–Crippen LogP) is 4.53. The summed E-state index contributed by atoms with van der Waals surface area (Å²) in [5.41, 5.74) is 2.24. The van der Waals surface area contributed by atoms with Crippen molar-refractivity contribution in [3.63, 3.8) is 0 Å². The Bertz CT molecular complexity index is 1210. The fraction of sp³-hybridized carbons (Fsp3) is 0.150. The van der Waals surface area contributed by atoms with Gasteiger partial charge in [0, 0.05) is 12.6 Å². The zero-order valence-electron chi connectivity index (χ0n) is 16.2. The van der Waals surface area contributed by atoms with Gasteiger partial charge in [0.1, 0.15) is 5.82 Å². The van der Waals surface area contributed by atoms with E-state index in [1.54, 1.807) is 6.07 Å². The highest BCUT2D eigenvalue weighted by molar-refractivity contribution is 7.98. The summed E-state index contributed by atoms with van der Waals surface area (Å²) in [7, 11) is 0. The number of carbonyl (C=O) groups excluding carboxylic acids is 1. The molecule has 2 aromatic carbocycles.